The van der Waals surface area contributed by atoms with E-state index < -0.39 is 22.2 Å². The smallest absolute Gasteiger partial charge is 0.270 e. The molecule has 1 amide bonds. The molecule has 1 N–H and O–H groups in total. The Bertz CT molecular complexity index is 552. The highest BCUT2D eigenvalue weighted by Crippen LogP contribution is 2.22. The molecule has 1 aromatic rings. The third-order valence-corrected chi connectivity index (χ3v) is 2.65. The lowest BCUT2D eigenvalue weighted by atomic mass is 10.1. The van der Waals surface area contributed by atoms with E-state index in [0.29, 0.717) is 0 Å². The highest BCUT2D eigenvalue weighted by molar-refractivity contribution is 5.95. The van der Waals surface area contributed by atoms with Gasteiger partial charge in [-0.05, 0) is 26.3 Å². The number of amides is 1. The van der Waals surface area contributed by atoms with Gasteiger partial charge >= 0.3 is 0 Å². The standard InChI is InChI=1S/C13H17FN2O4/c1-8-5-9(16(19)20)6-10(11(8)14)12(17)15(4)7-13(2,3)18/h5-6,18H,7H2,1-4H3. The van der Waals surface area contributed by atoms with Crippen molar-refractivity contribution in [1.29, 1.82) is 0 Å². The quantitative estimate of drug-likeness (QED) is 0.676. The van der Waals surface area contributed by atoms with Gasteiger partial charge in [-0.15, -0.1) is 0 Å². The zero-order chi connectivity index (χ0) is 15.7. The fourth-order valence-electron chi connectivity index (χ4n) is 1.87. The Morgan fingerprint density at radius 1 is 1.50 bits per heavy atom. The van der Waals surface area contributed by atoms with E-state index in [4.69, 9.17) is 0 Å². The number of nitro groups is 1. The molecule has 0 aliphatic heterocycles. The first-order valence-electron chi connectivity index (χ1n) is 5.95. The van der Waals surface area contributed by atoms with Gasteiger partial charge in [-0.2, -0.15) is 0 Å². The number of hydrogen-bond acceptors (Lipinski definition) is 4. The van der Waals surface area contributed by atoms with Crippen molar-refractivity contribution in [3.63, 3.8) is 0 Å². The van der Waals surface area contributed by atoms with E-state index in [-0.39, 0.29) is 23.4 Å². The number of aryl methyl sites for hydroxylation is 1. The molecule has 20 heavy (non-hydrogen) atoms. The molecule has 1 aromatic carbocycles. The summed E-state index contributed by atoms with van der Waals surface area (Å²) < 4.78 is 14.0. The minimum absolute atomic E-state index is 0.0208. The number of non-ortho nitro benzene ring substituents is 1. The van der Waals surface area contributed by atoms with Gasteiger partial charge in [0.25, 0.3) is 11.6 Å². The molecule has 7 heteroatoms. The van der Waals surface area contributed by atoms with Gasteiger partial charge < -0.3 is 10.0 Å². The lowest BCUT2D eigenvalue weighted by Crippen LogP contribution is -2.40. The minimum Gasteiger partial charge on any atom is -0.389 e. The van der Waals surface area contributed by atoms with E-state index in [2.05, 4.69) is 0 Å². The molecule has 0 spiro atoms. The van der Waals surface area contributed by atoms with E-state index in [0.717, 1.165) is 17.0 Å². The number of carbonyl (C=O) groups excluding carboxylic acids is 1. The summed E-state index contributed by atoms with van der Waals surface area (Å²) >= 11 is 0. The Morgan fingerprint density at radius 3 is 2.50 bits per heavy atom. The molecule has 0 aromatic heterocycles. The summed E-state index contributed by atoms with van der Waals surface area (Å²) in [6.45, 7) is 4.35. The van der Waals surface area contributed by atoms with Gasteiger partial charge in [0.15, 0.2) is 0 Å². The molecule has 0 saturated carbocycles. The van der Waals surface area contributed by atoms with Crippen LogP contribution in [-0.4, -0.2) is 40.0 Å². The SMILES string of the molecule is Cc1cc([N+](=O)[O-])cc(C(=O)N(C)CC(C)(C)O)c1F. The fraction of sp³-hybridized carbons (Fsp3) is 0.462. The molecule has 0 aliphatic carbocycles. The molecule has 1 rings (SSSR count). The van der Waals surface area contributed by atoms with Crippen molar-refractivity contribution >= 4 is 11.6 Å². The van der Waals surface area contributed by atoms with Gasteiger partial charge in [0.05, 0.1) is 16.1 Å². The number of hydrogen-bond donors (Lipinski definition) is 1. The lowest BCUT2D eigenvalue weighted by Gasteiger charge is -2.25. The number of benzene rings is 1. The molecule has 0 radical (unpaired) electrons. The van der Waals surface area contributed by atoms with Gasteiger partial charge in [0, 0.05) is 25.7 Å². The maximum Gasteiger partial charge on any atom is 0.270 e. The van der Waals surface area contributed by atoms with Crippen LogP contribution in [0.5, 0.6) is 0 Å². The summed E-state index contributed by atoms with van der Waals surface area (Å²) in [7, 11) is 1.40. The van der Waals surface area contributed by atoms with Crippen LogP contribution in [-0.2, 0) is 0 Å². The predicted octanol–water partition coefficient (Wildman–Crippen LogP) is 1.89. The molecule has 0 aliphatic rings. The molecule has 110 valence electrons. The summed E-state index contributed by atoms with van der Waals surface area (Å²) in [5.41, 5.74) is -1.83. The number of nitro benzene ring substituents is 1. The first kappa shape index (κ1) is 16.0. The summed E-state index contributed by atoms with van der Waals surface area (Å²) in [5, 5.41) is 20.4. The van der Waals surface area contributed by atoms with Crippen molar-refractivity contribution in [2.45, 2.75) is 26.4 Å². The second kappa shape index (κ2) is 5.54. The number of aliphatic hydroxyl groups is 1. The van der Waals surface area contributed by atoms with Crippen molar-refractivity contribution < 1.29 is 19.2 Å². The number of nitrogens with zero attached hydrogens (tertiary/aromatic N) is 2. The van der Waals surface area contributed by atoms with E-state index in [9.17, 15) is 24.4 Å². The summed E-state index contributed by atoms with van der Waals surface area (Å²) in [6, 6.07) is 1.98. The summed E-state index contributed by atoms with van der Waals surface area (Å²) in [5.74, 6) is -1.50. The van der Waals surface area contributed by atoms with Crippen molar-refractivity contribution in [1.82, 2.24) is 4.90 Å². The van der Waals surface area contributed by atoms with Crippen LogP contribution < -0.4 is 0 Å². The Kier molecular flexibility index (Phi) is 4.44. The minimum atomic E-state index is -1.14. The fourth-order valence-corrected chi connectivity index (χ4v) is 1.87. The van der Waals surface area contributed by atoms with Crippen LogP contribution in [0.15, 0.2) is 12.1 Å². The predicted molar refractivity (Wildman–Crippen MR) is 71.0 cm³/mol. The van der Waals surface area contributed by atoms with Gasteiger partial charge in [-0.25, -0.2) is 4.39 Å². The zero-order valence-corrected chi connectivity index (χ0v) is 11.8. The van der Waals surface area contributed by atoms with Crippen molar-refractivity contribution in [3.8, 4) is 0 Å². The number of carbonyl (C=O) groups is 1. The van der Waals surface area contributed by atoms with E-state index in [1.54, 1.807) is 0 Å². The molecular formula is C13H17FN2O4. The molecular weight excluding hydrogens is 267 g/mol. The van der Waals surface area contributed by atoms with Gasteiger partial charge in [-0.3, -0.25) is 14.9 Å². The summed E-state index contributed by atoms with van der Waals surface area (Å²) in [6.07, 6.45) is 0. The average molecular weight is 284 g/mol. The second-order valence-corrected chi connectivity index (χ2v) is 5.35. The van der Waals surface area contributed by atoms with Crippen molar-refractivity contribution in [3.05, 3.63) is 39.2 Å². The van der Waals surface area contributed by atoms with E-state index >= 15 is 0 Å². The monoisotopic (exact) mass is 284 g/mol. The molecule has 0 unspecified atom stereocenters. The van der Waals surface area contributed by atoms with Crippen molar-refractivity contribution in [2.75, 3.05) is 13.6 Å². The maximum absolute atomic E-state index is 14.0. The van der Waals surface area contributed by atoms with Crippen LogP contribution in [0.3, 0.4) is 0 Å². The first-order chi connectivity index (χ1) is 9.03. The van der Waals surface area contributed by atoms with Crippen LogP contribution in [0.1, 0.15) is 29.8 Å². The maximum atomic E-state index is 14.0. The average Bonchev–Trinajstić information content (AvgIpc) is 2.29. The Balaban J connectivity index is 3.18. The van der Waals surface area contributed by atoms with Crippen LogP contribution in [0.25, 0.3) is 0 Å². The third-order valence-electron chi connectivity index (χ3n) is 2.65. The second-order valence-electron chi connectivity index (χ2n) is 5.35. The summed E-state index contributed by atoms with van der Waals surface area (Å²) in [4.78, 5) is 23.3. The van der Waals surface area contributed by atoms with Gasteiger partial charge in [0.2, 0.25) is 0 Å². The molecule has 6 nitrogen and oxygen atoms in total. The van der Waals surface area contributed by atoms with E-state index in [1.165, 1.54) is 27.8 Å². The lowest BCUT2D eigenvalue weighted by molar-refractivity contribution is -0.385. The first-order valence-corrected chi connectivity index (χ1v) is 5.95. The highest BCUT2D eigenvalue weighted by atomic mass is 19.1. The number of rotatable bonds is 4. The van der Waals surface area contributed by atoms with Crippen LogP contribution in [0, 0.1) is 22.9 Å². The number of likely N-dealkylation sites (N-methyl/N-ethyl adjacent to an activating group) is 1. The third kappa shape index (κ3) is 3.74. The topological polar surface area (TPSA) is 83.7 Å². The normalized spacial score (nSPS) is 11.3. The molecule has 0 atom stereocenters. The largest absolute Gasteiger partial charge is 0.389 e. The van der Waals surface area contributed by atoms with Crippen molar-refractivity contribution in [2.24, 2.45) is 0 Å². The van der Waals surface area contributed by atoms with Gasteiger partial charge in [0.1, 0.15) is 5.82 Å². The van der Waals surface area contributed by atoms with Crippen LogP contribution in [0.2, 0.25) is 0 Å². The Morgan fingerprint density at radius 2 is 2.05 bits per heavy atom. The van der Waals surface area contributed by atoms with Gasteiger partial charge in [-0.1, -0.05) is 0 Å². The molecule has 0 saturated heterocycles. The Labute approximate surface area is 116 Å². The molecule has 0 heterocycles. The molecule has 0 bridgehead atoms. The Hall–Kier alpha value is -2.02. The highest BCUT2D eigenvalue weighted by Gasteiger charge is 2.25. The van der Waals surface area contributed by atoms with E-state index in [1.807, 2.05) is 0 Å². The zero-order valence-electron chi connectivity index (χ0n) is 11.8. The number of halogens is 1. The van der Waals surface area contributed by atoms with Crippen LogP contribution >= 0.6 is 0 Å². The molecule has 0 fully saturated rings. The van der Waals surface area contributed by atoms with Crippen LogP contribution in [0.4, 0.5) is 10.1 Å².